The van der Waals surface area contributed by atoms with E-state index in [9.17, 15) is 13.2 Å². The number of anilines is 1. The highest BCUT2D eigenvalue weighted by atomic mass is 32.2. The molecule has 2 aromatic rings. The second-order valence-electron chi connectivity index (χ2n) is 7.59. The third kappa shape index (κ3) is 4.93. The largest absolute Gasteiger partial charge is 0.348 e. The molecule has 1 N–H and O–H groups in total. The molecule has 1 amide bonds. The lowest BCUT2D eigenvalue weighted by molar-refractivity contribution is -0.122. The van der Waals surface area contributed by atoms with Gasteiger partial charge >= 0.3 is 0 Å². The lowest BCUT2D eigenvalue weighted by Crippen LogP contribution is -2.48. The Morgan fingerprint density at radius 2 is 1.54 bits per heavy atom. The first-order chi connectivity index (χ1) is 12.9. The maximum atomic E-state index is 12.9. The van der Waals surface area contributed by atoms with Crippen LogP contribution in [-0.4, -0.2) is 26.6 Å². The van der Waals surface area contributed by atoms with E-state index in [1.54, 1.807) is 19.1 Å². The van der Waals surface area contributed by atoms with Gasteiger partial charge in [-0.3, -0.25) is 9.10 Å². The van der Waals surface area contributed by atoms with E-state index in [1.807, 2.05) is 58.9 Å². The van der Waals surface area contributed by atoms with E-state index in [4.69, 9.17) is 0 Å². The Kier molecular flexibility index (Phi) is 6.55. The molecule has 0 heterocycles. The first-order valence-electron chi connectivity index (χ1n) is 9.36. The van der Waals surface area contributed by atoms with Crippen molar-refractivity contribution in [3.63, 3.8) is 0 Å². The lowest BCUT2D eigenvalue weighted by Gasteiger charge is -2.30. The fraction of sp³-hybridized carbons (Fsp3) is 0.409. The van der Waals surface area contributed by atoms with Crippen LogP contribution < -0.4 is 9.62 Å². The van der Waals surface area contributed by atoms with E-state index in [-0.39, 0.29) is 11.9 Å². The number of nitrogens with zero attached hydrogens (tertiary/aromatic N) is 1. The molecule has 0 aliphatic heterocycles. The highest BCUT2D eigenvalue weighted by Gasteiger charge is 2.30. The van der Waals surface area contributed by atoms with Crippen LogP contribution in [0, 0.1) is 27.7 Å². The summed E-state index contributed by atoms with van der Waals surface area (Å²) >= 11 is 0. The van der Waals surface area contributed by atoms with E-state index >= 15 is 0 Å². The number of amides is 1. The summed E-state index contributed by atoms with van der Waals surface area (Å²) in [4.78, 5) is 12.9. The zero-order valence-electron chi connectivity index (χ0n) is 17.7. The molecule has 2 atom stereocenters. The van der Waals surface area contributed by atoms with Crippen molar-refractivity contribution in [1.82, 2.24) is 5.32 Å². The van der Waals surface area contributed by atoms with E-state index in [1.165, 1.54) is 4.31 Å². The molecule has 0 aliphatic carbocycles. The molecule has 2 rings (SSSR count). The van der Waals surface area contributed by atoms with Gasteiger partial charge in [0, 0.05) is 0 Å². The van der Waals surface area contributed by atoms with Crippen LogP contribution in [-0.2, 0) is 14.8 Å². The van der Waals surface area contributed by atoms with Gasteiger partial charge in [0.2, 0.25) is 15.9 Å². The van der Waals surface area contributed by atoms with Crippen LogP contribution in [0.2, 0.25) is 0 Å². The topological polar surface area (TPSA) is 66.5 Å². The Hall–Kier alpha value is -2.34. The molecule has 0 saturated carbocycles. The van der Waals surface area contributed by atoms with Gasteiger partial charge in [0.25, 0.3) is 0 Å². The molecule has 5 nitrogen and oxygen atoms in total. The first kappa shape index (κ1) is 22.0. The highest BCUT2D eigenvalue weighted by molar-refractivity contribution is 7.92. The fourth-order valence-corrected chi connectivity index (χ4v) is 4.48. The highest BCUT2D eigenvalue weighted by Crippen LogP contribution is 2.25. The molecular weight excluding hydrogens is 372 g/mol. The molecule has 0 bridgehead atoms. The molecule has 6 heteroatoms. The molecule has 0 aromatic heterocycles. The number of hydrogen-bond acceptors (Lipinski definition) is 3. The fourth-order valence-electron chi connectivity index (χ4n) is 3.31. The van der Waals surface area contributed by atoms with Crippen LogP contribution in [0.1, 0.15) is 47.7 Å². The molecule has 0 unspecified atom stereocenters. The minimum atomic E-state index is -3.63. The number of carbonyl (C=O) groups excluding carboxylic acids is 1. The van der Waals surface area contributed by atoms with Crippen molar-refractivity contribution in [2.75, 3.05) is 10.6 Å². The number of sulfonamides is 1. The smallest absolute Gasteiger partial charge is 0.244 e. The Morgan fingerprint density at radius 3 is 2.11 bits per heavy atom. The average Bonchev–Trinajstić information content (AvgIpc) is 2.58. The predicted molar refractivity (Wildman–Crippen MR) is 115 cm³/mol. The first-order valence-corrected chi connectivity index (χ1v) is 11.2. The number of aryl methyl sites for hydroxylation is 4. The maximum Gasteiger partial charge on any atom is 0.244 e. The maximum absolute atomic E-state index is 12.9. The van der Waals surface area contributed by atoms with Crippen LogP contribution in [0.15, 0.2) is 36.4 Å². The van der Waals surface area contributed by atoms with Gasteiger partial charge in [-0.1, -0.05) is 29.8 Å². The van der Waals surface area contributed by atoms with Crippen molar-refractivity contribution >= 4 is 21.6 Å². The minimum Gasteiger partial charge on any atom is -0.348 e. The van der Waals surface area contributed by atoms with Gasteiger partial charge in [-0.2, -0.15) is 0 Å². The van der Waals surface area contributed by atoms with Gasteiger partial charge < -0.3 is 5.32 Å². The third-order valence-electron chi connectivity index (χ3n) is 5.09. The minimum absolute atomic E-state index is 0.226. The second-order valence-corrected chi connectivity index (χ2v) is 9.45. The van der Waals surface area contributed by atoms with Crippen molar-refractivity contribution in [1.29, 1.82) is 0 Å². The van der Waals surface area contributed by atoms with Crippen LogP contribution in [0.3, 0.4) is 0 Å². The molecule has 0 fully saturated rings. The van der Waals surface area contributed by atoms with Crippen LogP contribution in [0.5, 0.6) is 0 Å². The summed E-state index contributed by atoms with van der Waals surface area (Å²) in [6, 6.07) is 10.4. The molecule has 2 aromatic carbocycles. The van der Waals surface area contributed by atoms with E-state index < -0.39 is 16.1 Å². The van der Waals surface area contributed by atoms with Crippen LogP contribution in [0.4, 0.5) is 5.69 Å². The Morgan fingerprint density at radius 1 is 0.929 bits per heavy atom. The molecule has 0 radical (unpaired) electrons. The molecule has 28 heavy (non-hydrogen) atoms. The van der Waals surface area contributed by atoms with Gasteiger partial charge in [0.05, 0.1) is 18.0 Å². The zero-order valence-corrected chi connectivity index (χ0v) is 18.5. The van der Waals surface area contributed by atoms with E-state index in [0.29, 0.717) is 5.69 Å². The molecule has 0 saturated heterocycles. The standard InChI is InChI=1S/C22H30N2O3S/c1-14-8-9-16(3)21(12-14)18(5)23-22(25)19(6)24(28(7,26)27)20-11-10-15(2)17(4)13-20/h8-13,18-19H,1-7H3,(H,23,25)/t18-,19+/m1/s1. The summed E-state index contributed by atoms with van der Waals surface area (Å²) in [5.41, 5.74) is 5.76. The Balaban J connectivity index is 2.31. The van der Waals surface area contributed by atoms with Crippen LogP contribution in [0.25, 0.3) is 0 Å². The summed E-state index contributed by atoms with van der Waals surface area (Å²) in [6.07, 6.45) is 1.13. The molecule has 0 spiro atoms. The summed E-state index contributed by atoms with van der Waals surface area (Å²) in [5.74, 6) is -0.336. The van der Waals surface area contributed by atoms with Gasteiger partial charge in [0.15, 0.2) is 0 Å². The summed E-state index contributed by atoms with van der Waals surface area (Å²) in [7, 11) is -3.63. The van der Waals surface area contributed by atoms with Crippen molar-refractivity contribution in [3.05, 3.63) is 64.2 Å². The lowest BCUT2D eigenvalue weighted by atomic mass is 10.00. The molecule has 152 valence electrons. The Bertz CT molecular complexity index is 983. The quantitative estimate of drug-likeness (QED) is 0.795. The normalized spacial score (nSPS) is 13.7. The second kappa shape index (κ2) is 8.35. The van der Waals surface area contributed by atoms with Gasteiger partial charge in [-0.15, -0.1) is 0 Å². The number of nitrogens with one attached hydrogen (secondary N) is 1. The van der Waals surface area contributed by atoms with Crippen LogP contribution >= 0.6 is 0 Å². The van der Waals surface area contributed by atoms with Crippen molar-refractivity contribution < 1.29 is 13.2 Å². The Labute approximate surface area is 168 Å². The SMILES string of the molecule is Cc1ccc(C)c([C@@H](C)NC(=O)[C@H](C)N(c2ccc(C)c(C)c2)S(C)(=O)=O)c1. The number of hydrogen-bond donors (Lipinski definition) is 1. The summed E-state index contributed by atoms with van der Waals surface area (Å²) in [6.45, 7) is 11.4. The van der Waals surface area contributed by atoms with Crippen molar-refractivity contribution in [2.24, 2.45) is 0 Å². The third-order valence-corrected chi connectivity index (χ3v) is 6.34. The van der Waals surface area contributed by atoms with Gasteiger partial charge in [0.1, 0.15) is 6.04 Å². The average molecular weight is 403 g/mol. The number of benzene rings is 2. The zero-order chi connectivity index (χ0) is 21.2. The monoisotopic (exact) mass is 402 g/mol. The molecule has 0 aliphatic rings. The number of rotatable bonds is 6. The van der Waals surface area contributed by atoms with E-state index in [0.717, 1.165) is 34.1 Å². The van der Waals surface area contributed by atoms with E-state index in [2.05, 4.69) is 5.32 Å². The van der Waals surface area contributed by atoms with Crippen molar-refractivity contribution in [3.8, 4) is 0 Å². The van der Waals surface area contributed by atoms with Gasteiger partial charge in [-0.05, 0) is 75.9 Å². The summed E-state index contributed by atoms with van der Waals surface area (Å²) < 4.78 is 26.1. The predicted octanol–water partition coefficient (Wildman–Crippen LogP) is 3.95. The number of carbonyl (C=O) groups is 1. The van der Waals surface area contributed by atoms with Gasteiger partial charge in [-0.25, -0.2) is 8.42 Å². The van der Waals surface area contributed by atoms with Crippen molar-refractivity contribution in [2.45, 2.75) is 53.6 Å². The summed E-state index contributed by atoms with van der Waals surface area (Å²) in [5, 5.41) is 2.97. The molecular formula is C22H30N2O3S.